The number of esters is 1. The minimum absolute atomic E-state index is 0.162. The quantitative estimate of drug-likeness (QED) is 0.646. The second-order valence-corrected chi connectivity index (χ2v) is 5.80. The molecule has 0 aliphatic heterocycles. The summed E-state index contributed by atoms with van der Waals surface area (Å²) in [6, 6.07) is -1.35. The maximum atomic E-state index is 12.2. The summed E-state index contributed by atoms with van der Waals surface area (Å²) in [5, 5.41) is 11.1. The second-order valence-electron chi connectivity index (χ2n) is 5.80. The van der Waals surface area contributed by atoms with E-state index in [1.807, 2.05) is 0 Å². The monoisotopic (exact) mass is 332 g/mol. The van der Waals surface area contributed by atoms with Crippen LogP contribution in [0.15, 0.2) is 0 Å². The van der Waals surface area contributed by atoms with Gasteiger partial charge in [0.1, 0.15) is 18.2 Å². The van der Waals surface area contributed by atoms with Crippen LogP contribution < -0.4 is 5.32 Å². The van der Waals surface area contributed by atoms with Crippen molar-refractivity contribution in [3.05, 3.63) is 0 Å². The fourth-order valence-corrected chi connectivity index (χ4v) is 1.57. The highest BCUT2D eigenvalue weighted by Crippen LogP contribution is 2.08. The van der Waals surface area contributed by atoms with Gasteiger partial charge in [-0.3, -0.25) is 14.4 Å². The molecule has 0 spiro atoms. The normalized spacial score (nSPS) is 12.0. The van der Waals surface area contributed by atoms with Crippen molar-refractivity contribution in [2.45, 2.75) is 45.8 Å². The van der Waals surface area contributed by atoms with Crippen LogP contribution in [0.25, 0.3) is 0 Å². The van der Waals surface area contributed by atoms with Gasteiger partial charge in [-0.2, -0.15) is 0 Å². The Morgan fingerprint density at radius 2 is 1.78 bits per heavy atom. The predicted octanol–water partition coefficient (Wildman–Crippen LogP) is 0.376. The third-order valence-electron chi connectivity index (χ3n) is 2.42. The van der Waals surface area contributed by atoms with E-state index in [1.54, 1.807) is 27.7 Å². The zero-order valence-electron chi connectivity index (χ0n) is 14.0. The SMILES string of the molecule is CCOC(=O)CN(C)C(=O)C(CC(=O)O)NC(=O)OC(C)(C)C. The fraction of sp³-hybridized carbons (Fsp3) is 0.714. The van der Waals surface area contributed by atoms with E-state index in [4.69, 9.17) is 14.6 Å². The van der Waals surface area contributed by atoms with Crippen LogP contribution in [-0.2, 0) is 23.9 Å². The smallest absolute Gasteiger partial charge is 0.408 e. The lowest BCUT2D eigenvalue weighted by Crippen LogP contribution is -2.50. The summed E-state index contributed by atoms with van der Waals surface area (Å²) in [5.41, 5.74) is -0.794. The van der Waals surface area contributed by atoms with Gasteiger partial charge in [0.2, 0.25) is 5.91 Å². The molecule has 0 aliphatic carbocycles. The molecule has 0 rings (SSSR count). The summed E-state index contributed by atoms with van der Waals surface area (Å²) in [7, 11) is 1.31. The molecule has 0 saturated carbocycles. The van der Waals surface area contributed by atoms with E-state index in [2.05, 4.69) is 5.32 Å². The van der Waals surface area contributed by atoms with Crippen molar-refractivity contribution in [3.8, 4) is 0 Å². The Hall–Kier alpha value is -2.32. The number of rotatable bonds is 7. The van der Waals surface area contributed by atoms with Crippen molar-refractivity contribution < 1.29 is 33.8 Å². The average Bonchev–Trinajstić information content (AvgIpc) is 2.34. The van der Waals surface area contributed by atoms with Gasteiger partial charge in [-0.1, -0.05) is 0 Å². The van der Waals surface area contributed by atoms with Crippen LogP contribution in [0.2, 0.25) is 0 Å². The van der Waals surface area contributed by atoms with E-state index in [1.165, 1.54) is 7.05 Å². The second kappa shape index (κ2) is 8.96. The summed E-state index contributed by atoms with van der Waals surface area (Å²) in [6.45, 7) is 6.33. The van der Waals surface area contributed by atoms with E-state index in [0.29, 0.717) is 0 Å². The number of nitrogens with zero attached hydrogens (tertiary/aromatic N) is 1. The molecule has 0 aromatic rings. The lowest BCUT2D eigenvalue weighted by Gasteiger charge is -2.25. The third-order valence-corrected chi connectivity index (χ3v) is 2.42. The van der Waals surface area contributed by atoms with Gasteiger partial charge in [0.05, 0.1) is 13.0 Å². The maximum absolute atomic E-state index is 12.2. The lowest BCUT2D eigenvalue weighted by atomic mass is 10.2. The van der Waals surface area contributed by atoms with Crippen LogP contribution in [-0.4, -0.2) is 65.8 Å². The minimum atomic E-state index is -1.35. The van der Waals surface area contributed by atoms with Crippen molar-refractivity contribution in [1.82, 2.24) is 10.2 Å². The van der Waals surface area contributed by atoms with Crippen molar-refractivity contribution in [3.63, 3.8) is 0 Å². The van der Waals surface area contributed by atoms with E-state index in [0.717, 1.165) is 4.90 Å². The Kier molecular flexibility index (Phi) is 8.06. The van der Waals surface area contributed by atoms with E-state index in [9.17, 15) is 19.2 Å². The Bertz CT molecular complexity index is 457. The predicted molar refractivity (Wildman–Crippen MR) is 79.7 cm³/mol. The summed E-state index contributed by atoms with van der Waals surface area (Å²) >= 11 is 0. The van der Waals surface area contributed by atoms with Crippen molar-refractivity contribution in [2.24, 2.45) is 0 Å². The number of carbonyl (C=O) groups is 4. The molecule has 0 aromatic heterocycles. The molecule has 0 radical (unpaired) electrons. The summed E-state index contributed by atoms with van der Waals surface area (Å²) < 4.78 is 9.70. The zero-order chi connectivity index (χ0) is 18.2. The van der Waals surface area contributed by atoms with Gasteiger partial charge in [-0.05, 0) is 27.7 Å². The summed E-state index contributed by atoms with van der Waals surface area (Å²) in [6.07, 6.45) is -1.55. The van der Waals surface area contributed by atoms with Crippen LogP contribution in [0.3, 0.4) is 0 Å². The fourth-order valence-electron chi connectivity index (χ4n) is 1.57. The average molecular weight is 332 g/mol. The van der Waals surface area contributed by atoms with Crippen molar-refractivity contribution >= 4 is 23.9 Å². The molecular formula is C14H24N2O7. The van der Waals surface area contributed by atoms with Gasteiger partial charge >= 0.3 is 18.0 Å². The molecule has 2 N–H and O–H groups in total. The molecule has 9 heteroatoms. The van der Waals surface area contributed by atoms with Crippen molar-refractivity contribution in [2.75, 3.05) is 20.2 Å². The Labute approximate surface area is 134 Å². The van der Waals surface area contributed by atoms with E-state index >= 15 is 0 Å². The van der Waals surface area contributed by atoms with E-state index in [-0.39, 0.29) is 13.2 Å². The van der Waals surface area contributed by atoms with Gasteiger partial charge in [-0.15, -0.1) is 0 Å². The summed E-state index contributed by atoms with van der Waals surface area (Å²) in [4.78, 5) is 47.1. The number of likely N-dealkylation sites (N-methyl/N-ethyl adjacent to an activating group) is 1. The van der Waals surface area contributed by atoms with Gasteiger partial charge in [0.15, 0.2) is 0 Å². The number of nitrogens with one attached hydrogen (secondary N) is 1. The van der Waals surface area contributed by atoms with Crippen LogP contribution >= 0.6 is 0 Å². The largest absolute Gasteiger partial charge is 0.481 e. The molecule has 132 valence electrons. The van der Waals surface area contributed by atoms with Gasteiger partial charge in [0.25, 0.3) is 0 Å². The highest BCUT2D eigenvalue weighted by molar-refractivity contribution is 5.91. The lowest BCUT2D eigenvalue weighted by molar-refractivity contribution is -0.149. The van der Waals surface area contributed by atoms with Gasteiger partial charge < -0.3 is 24.8 Å². The number of carboxylic acids is 1. The first-order valence-electron chi connectivity index (χ1n) is 7.08. The highest BCUT2D eigenvalue weighted by Gasteiger charge is 2.29. The Morgan fingerprint density at radius 3 is 2.22 bits per heavy atom. The number of carboxylic acid groups (broad SMARTS) is 1. The number of hydrogen-bond donors (Lipinski definition) is 2. The first-order chi connectivity index (χ1) is 10.5. The van der Waals surface area contributed by atoms with E-state index < -0.39 is 42.0 Å². The Balaban J connectivity index is 4.87. The molecule has 0 bridgehead atoms. The standard InChI is InChI=1S/C14H24N2O7/c1-6-22-11(19)8-16(5)12(20)9(7-10(17)18)15-13(21)23-14(2,3)4/h9H,6-8H2,1-5H3,(H,15,21)(H,17,18). The number of carbonyl (C=O) groups excluding carboxylic acids is 3. The van der Waals surface area contributed by atoms with Crippen LogP contribution in [0, 0.1) is 0 Å². The highest BCUT2D eigenvalue weighted by atomic mass is 16.6. The molecular weight excluding hydrogens is 308 g/mol. The number of amides is 2. The van der Waals surface area contributed by atoms with Crippen LogP contribution in [0.5, 0.6) is 0 Å². The van der Waals surface area contributed by atoms with Gasteiger partial charge in [0, 0.05) is 7.05 Å². The van der Waals surface area contributed by atoms with Gasteiger partial charge in [-0.25, -0.2) is 4.79 Å². The molecule has 0 aliphatic rings. The number of ether oxygens (including phenoxy) is 2. The molecule has 0 aromatic carbocycles. The molecule has 2 amide bonds. The number of alkyl carbamates (subject to hydrolysis) is 1. The molecule has 0 saturated heterocycles. The zero-order valence-corrected chi connectivity index (χ0v) is 14.0. The molecule has 1 unspecified atom stereocenters. The summed E-state index contributed by atoms with van der Waals surface area (Å²) in [5.74, 6) is -2.63. The first kappa shape index (κ1) is 20.7. The molecule has 1 atom stereocenters. The number of hydrogen-bond acceptors (Lipinski definition) is 6. The van der Waals surface area contributed by atoms with Crippen molar-refractivity contribution in [1.29, 1.82) is 0 Å². The molecule has 9 nitrogen and oxygen atoms in total. The molecule has 0 heterocycles. The number of aliphatic carboxylic acids is 1. The molecule has 0 fully saturated rings. The minimum Gasteiger partial charge on any atom is -0.481 e. The first-order valence-corrected chi connectivity index (χ1v) is 7.08. The third kappa shape index (κ3) is 9.33. The maximum Gasteiger partial charge on any atom is 0.408 e. The van der Waals surface area contributed by atoms with Crippen LogP contribution in [0.1, 0.15) is 34.1 Å². The topological polar surface area (TPSA) is 122 Å². The molecule has 23 heavy (non-hydrogen) atoms. The van der Waals surface area contributed by atoms with Crippen LogP contribution in [0.4, 0.5) is 4.79 Å². The Morgan fingerprint density at radius 1 is 1.22 bits per heavy atom.